The Bertz CT molecular complexity index is 755. The first-order valence-electron chi connectivity index (χ1n) is 8.33. The third kappa shape index (κ3) is 4.61. The highest BCUT2D eigenvalue weighted by Gasteiger charge is 2.24. The van der Waals surface area contributed by atoms with Gasteiger partial charge in [-0.2, -0.15) is 0 Å². The molecule has 25 heavy (non-hydrogen) atoms. The fraction of sp³-hybridized carbons (Fsp3) is 0.471. The maximum atomic E-state index is 12.1. The first-order valence-corrected chi connectivity index (χ1v) is 9.52. The Morgan fingerprint density at radius 1 is 1.24 bits per heavy atom. The van der Waals surface area contributed by atoms with E-state index in [1.165, 1.54) is 17.8 Å². The standard InChI is InChI=1S/C17H22ClN5OS/c1-10-6-11(2)9-23(8-10)17-22-21-16(25-17)20-15(24)19-13-5-4-12(3)14(18)7-13/h4-5,7,10-11H,6,8-9H2,1-3H3,(H2,19,20,21,24). The fourth-order valence-electron chi connectivity index (χ4n) is 3.14. The van der Waals surface area contributed by atoms with E-state index < -0.39 is 0 Å². The van der Waals surface area contributed by atoms with Crippen molar-refractivity contribution in [3.63, 3.8) is 0 Å². The van der Waals surface area contributed by atoms with Gasteiger partial charge in [0.05, 0.1) is 0 Å². The number of anilines is 3. The van der Waals surface area contributed by atoms with E-state index in [1.807, 2.05) is 19.1 Å². The molecule has 0 aliphatic carbocycles. The number of hydrogen-bond donors (Lipinski definition) is 2. The molecule has 2 unspecified atom stereocenters. The van der Waals surface area contributed by atoms with E-state index in [-0.39, 0.29) is 6.03 Å². The highest BCUT2D eigenvalue weighted by molar-refractivity contribution is 7.19. The number of rotatable bonds is 3. The minimum Gasteiger partial charge on any atom is -0.346 e. The molecule has 1 aliphatic rings. The second kappa shape index (κ2) is 7.58. The Kier molecular flexibility index (Phi) is 5.44. The monoisotopic (exact) mass is 379 g/mol. The summed E-state index contributed by atoms with van der Waals surface area (Å²) in [5.41, 5.74) is 1.60. The normalized spacial score (nSPS) is 20.4. The number of carbonyl (C=O) groups is 1. The number of amides is 2. The lowest BCUT2D eigenvalue weighted by atomic mass is 9.92. The van der Waals surface area contributed by atoms with E-state index in [0.717, 1.165) is 23.8 Å². The molecule has 1 aliphatic heterocycles. The molecule has 0 bridgehead atoms. The quantitative estimate of drug-likeness (QED) is 0.815. The molecule has 3 rings (SSSR count). The SMILES string of the molecule is Cc1ccc(NC(=O)Nc2nnc(N3CC(C)CC(C)C3)s2)cc1Cl. The number of hydrogen-bond acceptors (Lipinski definition) is 5. The smallest absolute Gasteiger partial charge is 0.325 e. The highest BCUT2D eigenvalue weighted by atomic mass is 35.5. The van der Waals surface area contributed by atoms with Crippen molar-refractivity contribution in [2.24, 2.45) is 11.8 Å². The maximum absolute atomic E-state index is 12.1. The molecule has 2 atom stereocenters. The van der Waals surface area contributed by atoms with E-state index in [2.05, 4.69) is 39.6 Å². The van der Waals surface area contributed by atoms with Gasteiger partial charge in [0.25, 0.3) is 0 Å². The molecule has 1 aromatic heterocycles. The van der Waals surface area contributed by atoms with Gasteiger partial charge < -0.3 is 10.2 Å². The predicted octanol–water partition coefficient (Wildman–Crippen LogP) is 4.63. The van der Waals surface area contributed by atoms with Crippen molar-refractivity contribution >= 4 is 44.9 Å². The average Bonchev–Trinajstić information content (AvgIpc) is 2.98. The van der Waals surface area contributed by atoms with Gasteiger partial charge in [-0.15, -0.1) is 10.2 Å². The van der Waals surface area contributed by atoms with Gasteiger partial charge >= 0.3 is 6.03 Å². The minimum atomic E-state index is -0.358. The fourth-order valence-corrected chi connectivity index (χ4v) is 4.08. The van der Waals surface area contributed by atoms with Gasteiger partial charge in [0.15, 0.2) is 0 Å². The first-order chi connectivity index (χ1) is 11.9. The van der Waals surface area contributed by atoms with Gasteiger partial charge in [0, 0.05) is 23.8 Å². The molecular weight excluding hydrogens is 358 g/mol. The minimum absolute atomic E-state index is 0.358. The Morgan fingerprint density at radius 3 is 2.64 bits per heavy atom. The summed E-state index contributed by atoms with van der Waals surface area (Å²) in [4.78, 5) is 14.4. The highest BCUT2D eigenvalue weighted by Crippen LogP contribution is 2.30. The van der Waals surface area contributed by atoms with Crippen LogP contribution >= 0.6 is 22.9 Å². The average molecular weight is 380 g/mol. The van der Waals surface area contributed by atoms with E-state index >= 15 is 0 Å². The molecule has 2 N–H and O–H groups in total. The molecule has 8 heteroatoms. The maximum Gasteiger partial charge on any atom is 0.325 e. The van der Waals surface area contributed by atoms with Crippen molar-refractivity contribution in [1.29, 1.82) is 0 Å². The predicted molar refractivity (Wildman–Crippen MR) is 104 cm³/mol. The molecule has 0 spiro atoms. The van der Waals surface area contributed by atoms with Crippen LogP contribution in [-0.2, 0) is 0 Å². The molecular formula is C17H22ClN5OS. The molecule has 1 fully saturated rings. The molecule has 1 aromatic carbocycles. The molecule has 1 saturated heterocycles. The number of urea groups is 1. The number of halogens is 1. The van der Waals surface area contributed by atoms with E-state index in [4.69, 9.17) is 11.6 Å². The van der Waals surface area contributed by atoms with Crippen molar-refractivity contribution in [2.45, 2.75) is 27.2 Å². The van der Waals surface area contributed by atoms with Crippen molar-refractivity contribution in [1.82, 2.24) is 10.2 Å². The van der Waals surface area contributed by atoms with Crippen LogP contribution in [0, 0.1) is 18.8 Å². The molecule has 2 aromatic rings. The Labute approximate surface area is 156 Å². The number of nitrogens with one attached hydrogen (secondary N) is 2. The summed E-state index contributed by atoms with van der Waals surface area (Å²) in [5, 5.41) is 15.7. The first kappa shape index (κ1) is 17.9. The molecule has 0 saturated carbocycles. The topological polar surface area (TPSA) is 70.1 Å². The lowest BCUT2D eigenvalue weighted by Gasteiger charge is -2.34. The van der Waals surface area contributed by atoms with Crippen LogP contribution < -0.4 is 15.5 Å². The molecule has 134 valence electrons. The zero-order valence-electron chi connectivity index (χ0n) is 14.5. The van der Waals surface area contributed by atoms with Crippen LogP contribution in [0.2, 0.25) is 5.02 Å². The Hall–Kier alpha value is -1.86. The summed E-state index contributed by atoms with van der Waals surface area (Å²) in [7, 11) is 0. The van der Waals surface area contributed by atoms with Gasteiger partial charge in [0.2, 0.25) is 10.3 Å². The van der Waals surface area contributed by atoms with E-state index in [1.54, 1.807) is 6.07 Å². The van der Waals surface area contributed by atoms with Gasteiger partial charge in [-0.3, -0.25) is 5.32 Å². The zero-order valence-corrected chi connectivity index (χ0v) is 16.1. The van der Waals surface area contributed by atoms with Crippen molar-refractivity contribution in [2.75, 3.05) is 28.6 Å². The number of benzene rings is 1. The molecule has 0 radical (unpaired) electrons. The van der Waals surface area contributed by atoms with Gasteiger partial charge in [-0.25, -0.2) is 4.79 Å². The van der Waals surface area contributed by atoms with Gasteiger partial charge in [-0.1, -0.05) is 42.9 Å². The summed E-state index contributed by atoms with van der Waals surface area (Å²) in [6.07, 6.45) is 1.24. The molecule has 2 amide bonds. The van der Waals surface area contributed by atoms with Crippen LogP contribution in [0.3, 0.4) is 0 Å². The molecule has 2 heterocycles. The van der Waals surface area contributed by atoms with Crippen LogP contribution in [0.5, 0.6) is 0 Å². The van der Waals surface area contributed by atoms with Crippen LogP contribution in [0.15, 0.2) is 18.2 Å². The van der Waals surface area contributed by atoms with Crippen molar-refractivity contribution in [3.05, 3.63) is 28.8 Å². The lowest BCUT2D eigenvalue weighted by Crippen LogP contribution is -2.38. The van der Waals surface area contributed by atoms with E-state index in [9.17, 15) is 4.79 Å². The Morgan fingerprint density at radius 2 is 1.96 bits per heavy atom. The molecule has 6 nitrogen and oxygen atoms in total. The van der Waals surface area contributed by atoms with Gasteiger partial charge in [0.1, 0.15) is 0 Å². The van der Waals surface area contributed by atoms with Crippen molar-refractivity contribution in [3.8, 4) is 0 Å². The van der Waals surface area contributed by atoms with Crippen LogP contribution in [0.4, 0.5) is 20.7 Å². The number of aromatic nitrogens is 2. The summed E-state index contributed by atoms with van der Waals surface area (Å²) >= 11 is 7.47. The number of piperidine rings is 1. The third-order valence-corrected chi connectivity index (χ3v) is 5.51. The van der Waals surface area contributed by atoms with Crippen LogP contribution in [-0.4, -0.2) is 29.3 Å². The second-order valence-electron chi connectivity index (χ2n) is 6.78. The van der Waals surface area contributed by atoms with E-state index in [0.29, 0.717) is 27.7 Å². The summed E-state index contributed by atoms with van der Waals surface area (Å²) < 4.78 is 0. The summed E-state index contributed by atoms with van der Waals surface area (Å²) in [6, 6.07) is 5.03. The van der Waals surface area contributed by atoms with Crippen LogP contribution in [0.25, 0.3) is 0 Å². The summed E-state index contributed by atoms with van der Waals surface area (Å²) in [6.45, 7) is 8.38. The third-order valence-electron chi connectivity index (χ3n) is 4.20. The van der Waals surface area contributed by atoms with Crippen molar-refractivity contribution < 1.29 is 4.79 Å². The number of aryl methyl sites for hydroxylation is 1. The largest absolute Gasteiger partial charge is 0.346 e. The lowest BCUT2D eigenvalue weighted by molar-refractivity contribution is 0.262. The number of nitrogens with zero attached hydrogens (tertiary/aromatic N) is 3. The van der Waals surface area contributed by atoms with Gasteiger partial charge in [-0.05, 0) is 42.9 Å². The Balaban J connectivity index is 1.60. The zero-order chi connectivity index (χ0) is 18.0. The van der Waals surface area contributed by atoms with Crippen LogP contribution in [0.1, 0.15) is 25.8 Å². The second-order valence-corrected chi connectivity index (χ2v) is 8.15. The number of carbonyl (C=O) groups excluding carboxylic acids is 1. The summed E-state index contributed by atoms with van der Waals surface area (Å²) in [5.74, 6) is 1.28.